The molecule has 0 spiro atoms. The average Bonchev–Trinajstić information content (AvgIpc) is 3.12. The lowest BCUT2D eigenvalue weighted by molar-refractivity contribution is -0.132. The van der Waals surface area contributed by atoms with Gasteiger partial charge in [-0.05, 0) is 42.3 Å². The summed E-state index contributed by atoms with van der Waals surface area (Å²) in [5.41, 5.74) is 2.30. The van der Waals surface area contributed by atoms with Gasteiger partial charge in [0.1, 0.15) is 18.9 Å². The van der Waals surface area contributed by atoms with Crippen LogP contribution in [0, 0.1) is 0 Å². The SMILES string of the molecule is CCN(Cc1ccc(OCc2ccccc2)cc1)C(=O)Cn1nc2ccccn2c1=O. The number of hydrogen-bond acceptors (Lipinski definition) is 4. The third-order valence-corrected chi connectivity index (χ3v) is 5.05. The van der Waals surface area contributed by atoms with Crippen LogP contribution in [0.2, 0.25) is 0 Å². The van der Waals surface area contributed by atoms with Crippen LogP contribution in [0.15, 0.2) is 83.8 Å². The molecule has 0 bridgehead atoms. The molecule has 0 atom stereocenters. The topological polar surface area (TPSA) is 68.8 Å². The van der Waals surface area contributed by atoms with Gasteiger partial charge in [0.15, 0.2) is 5.65 Å². The van der Waals surface area contributed by atoms with Crippen molar-refractivity contribution in [1.29, 1.82) is 0 Å². The van der Waals surface area contributed by atoms with Gasteiger partial charge in [0, 0.05) is 19.3 Å². The fourth-order valence-electron chi connectivity index (χ4n) is 3.33. The maximum Gasteiger partial charge on any atom is 0.350 e. The summed E-state index contributed by atoms with van der Waals surface area (Å²) in [6, 6.07) is 23.0. The number of amides is 1. The van der Waals surface area contributed by atoms with Gasteiger partial charge in [0.05, 0.1) is 0 Å². The predicted molar refractivity (Wildman–Crippen MR) is 118 cm³/mol. The van der Waals surface area contributed by atoms with Gasteiger partial charge in [-0.2, -0.15) is 0 Å². The molecule has 0 aliphatic heterocycles. The lowest BCUT2D eigenvalue weighted by Crippen LogP contribution is -2.36. The zero-order valence-electron chi connectivity index (χ0n) is 17.3. The normalized spacial score (nSPS) is 10.9. The molecule has 31 heavy (non-hydrogen) atoms. The maximum absolute atomic E-state index is 12.8. The van der Waals surface area contributed by atoms with Crippen LogP contribution >= 0.6 is 0 Å². The molecule has 1 amide bonds. The molecule has 0 radical (unpaired) electrons. The second kappa shape index (κ2) is 9.30. The van der Waals surface area contributed by atoms with Crippen molar-refractivity contribution >= 4 is 11.6 Å². The quantitative estimate of drug-likeness (QED) is 0.443. The van der Waals surface area contributed by atoms with Crippen molar-refractivity contribution in [3.63, 3.8) is 0 Å². The van der Waals surface area contributed by atoms with Crippen LogP contribution in [-0.4, -0.2) is 31.5 Å². The van der Waals surface area contributed by atoms with Crippen LogP contribution in [-0.2, 0) is 24.5 Å². The summed E-state index contributed by atoms with van der Waals surface area (Å²) >= 11 is 0. The van der Waals surface area contributed by atoms with E-state index >= 15 is 0 Å². The lowest BCUT2D eigenvalue weighted by atomic mass is 10.2. The first-order valence-corrected chi connectivity index (χ1v) is 10.2. The van der Waals surface area contributed by atoms with Gasteiger partial charge >= 0.3 is 5.69 Å². The monoisotopic (exact) mass is 416 g/mol. The summed E-state index contributed by atoms with van der Waals surface area (Å²) in [5, 5.41) is 4.24. The molecular weight excluding hydrogens is 392 g/mol. The molecule has 0 N–H and O–H groups in total. The van der Waals surface area contributed by atoms with Crippen molar-refractivity contribution in [2.24, 2.45) is 0 Å². The van der Waals surface area contributed by atoms with E-state index in [1.807, 2.05) is 61.5 Å². The first-order chi connectivity index (χ1) is 15.1. The number of benzene rings is 2. The molecule has 7 nitrogen and oxygen atoms in total. The molecule has 0 aliphatic rings. The first-order valence-electron chi connectivity index (χ1n) is 10.2. The van der Waals surface area contributed by atoms with E-state index < -0.39 is 0 Å². The Hall–Kier alpha value is -3.87. The molecule has 158 valence electrons. The largest absolute Gasteiger partial charge is 0.489 e. The Balaban J connectivity index is 1.38. The summed E-state index contributed by atoms with van der Waals surface area (Å²) in [4.78, 5) is 26.9. The molecule has 0 unspecified atom stereocenters. The van der Waals surface area contributed by atoms with Gasteiger partial charge in [0.25, 0.3) is 0 Å². The summed E-state index contributed by atoms with van der Waals surface area (Å²) in [5.74, 6) is 0.621. The van der Waals surface area contributed by atoms with E-state index in [-0.39, 0.29) is 18.1 Å². The molecule has 0 fully saturated rings. The molecule has 2 aromatic heterocycles. The van der Waals surface area contributed by atoms with Crippen molar-refractivity contribution in [2.45, 2.75) is 26.6 Å². The van der Waals surface area contributed by atoms with Crippen molar-refractivity contribution < 1.29 is 9.53 Å². The molecular formula is C24H24N4O3. The molecule has 0 saturated carbocycles. The Morgan fingerprint density at radius 2 is 1.71 bits per heavy atom. The smallest absolute Gasteiger partial charge is 0.350 e. The highest BCUT2D eigenvalue weighted by Gasteiger charge is 2.16. The number of nitrogens with zero attached hydrogens (tertiary/aromatic N) is 4. The summed E-state index contributed by atoms with van der Waals surface area (Å²) in [6.45, 7) is 3.32. The molecule has 2 aromatic carbocycles. The minimum absolute atomic E-state index is 0.0907. The van der Waals surface area contributed by atoms with Gasteiger partial charge in [-0.3, -0.25) is 9.20 Å². The van der Waals surface area contributed by atoms with E-state index in [0.717, 1.165) is 16.9 Å². The van der Waals surface area contributed by atoms with Crippen LogP contribution < -0.4 is 10.4 Å². The highest BCUT2D eigenvalue weighted by atomic mass is 16.5. The summed E-state index contributed by atoms with van der Waals surface area (Å²) < 4.78 is 8.46. The minimum Gasteiger partial charge on any atom is -0.489 e. The maximum atomic E-state index is 12.8. The number of pyridine rings is 1. The number of aromatic nitrogens is 3. The van der Waals surface area contributed by atoms with Gasteiger partial charge in [-0.1, -0.05) is 48.5 Å². The third-order valence-electron chi connectivity index (χ3n) is 5.05. The van der Waals surface area contributed by atoms with Gasteiger partial charge < -0.3 is 9.64 Å². The number of likely N-dealkylation sites (N-methyl/N-ethyl adjacent to an activating group) is 1. The van der Waals surface area contributed by atoms with E-state index in [2.05, 4.69) is 5.10 Å². The van der Waals surface area contributed by atoms with E-state index in [1.54, 1.807) is 29.3 Å². The van der Waals surface area contributed by atoms with Gasteiger partial charge in [0.2, 0.25) is 5.91 Å². The number of fused-ring (bicyclic) bond motifs is 1. The first kappa shape index (κ1) is 20.4. The fraction of sp³-hybridized carbons (Fsp3) is 0.208. The lowest BCUT2D eigenvalue weighted by Gasteiger charge is -2.21. The van der Waals surface area contributed by atoms with Crippen molar-refractivity contribution in [3.8, 4) is 5.75 Å². The Bertz CT molecular complexity index is 1210. The van der Waals surface area contributed by atoms with Gasteiger partial charge in [-0.15, -0.1) is 5.10 Å². The molecule has 7 heteroatoms. The second-order valence-electron chi connectivity index (χ2n) is 7.20. The highest BCUT2D eigenvalue weighted by Crippen LogP contribution is 2.16. The Labute approximate surface area is 180 Å². The van der Waals surface area contributed by atoms with Crippen LogP contribution in [0.4, 0.5) is 0 Å². The number of rotatable bonds is 8. The van der Waals surface area contributed by atoms with E-state index in [4.69, 9.17) is 4.74 Å². The fourth-order valence-corrected chi connectivity index (χ4v) is 3.33. The zero-order chi connectivity index (χ0) is 21.6. The standard InChI is InChI=1S/C24H24N4O3/c1-2-26(23(29)17-28-24(30)27-15-7-6-10-22(27)25-28)16-19-11-13-21(14-12-19)31-18-20-8-4-3-5-9-20/h3-15H,2,16-18H2,1H3. The van der Waals surface area contributed by atoms with E-state index in [0.29, 0.717) is 25.3 Å². The molecule has 0 saturated heterocycles. The minimum atomic E-state index is -0.320. The predicted octanol–water partition coefficient (Wildman–Crippen LogP) is 3.12. The second-order valence-corrected chi connectivity index (χ2v) is 7.20. The van der Waals surface area contributed by atoms with Gasteiger partial charge in [-0.25, -0.2) is 9.48 Å². The van der Waals surface area contributed by atoms with Crippen molar-refractivity contribution in [3.05, 3.63) is 101 Å². The van der Waals surface area contributed by atoms with Crippen LogP contribution in [0.25, 0.3) is 5.65 Å². The Kier molecular flexibility index (Phi) is 6.12. The Morgan fingerprint density at radius 1 is 0.968 bits per heavy atom. The average molecular weight is 416 g/mol. The summed E-state index contributed by atoms with van der Waals surface area (Å²) in [7, 11) is 0. The van der Waals surface area contributed by atoms with E-state index in [1.165, 1.54) is 9.08 Å². The van der Waals surface area contributed by atoms with Crippen LogP contribution in [0.3, 0.4) is 0 Å². The number of carbonyl (C=O) groups is 1. The molecule has 0 aliphatic carbocycles. The number of ether oxygens (including phenoxy) is 1. The summed E-state index contributed by atoms with van der Waals surface area (Å²) in [6.07, 6.45) is 1.64. The molecule has 2 heterocycles. The molecule has 4 rings (SSSR count). The highest BCUT2D eigenvalue weighted by molar-refractivity contribution is 5.75. The van der Waals surface area contributed by atoms with Crippen LogP contribution in [0.1, 0.15) is 18.1 Å². The van der Waals surface area contributed by atoms with Crippen molar-refractivity contribution in [1.82, 2.24) is 19.1 Å². The Morgan fingerprint density at radius 3 is 2.42 bits per heavy atom. The van der Waals surface area contributed by atoms with Crippen LogP contribution in [0.5, 0.6) is 5.75 Å². The zero-order valence-corrected chi connectivity index (χ0v) is 17.3. The van der Waals surface area contributed by atoms with E-state index in [9.17, 15) is 9.59 Å². The third kappa shape index (κ3) is 4.83. The molecule has 4 aromatic rings. The van der Waals surface area contributed by atoms with Crippen molar-refractivity contribution in [2.75, 3.05) is 6.54 Å². The number of carbonyl (C=O) groups excluding carboxylic acids is 1. The number of hydrogen-bond donors (Lipinski definition) is 0.